The molecule has 0 atom stereocenters. The van der Waals surface area contributed by atoms with Gasteiger partial charge >= 0.3 is 0 Å². The fourth-order valence-electron chi connectivity index (χ4n) is 0. The molecule has 0 aliphatic carbocycles. The van der Waals surface area contributed by atoms with Crippen molar-refractivity contribution in [1.29, 1.82) is 0 Å². The average Bonchev–Trinajstić information content (AvgIpc) is 1.50. The highest BCUT2D eigenvalue weighted by Crippen LogP contribution is 0.581. The van der Waals surface area contributed by atoms with Gasteiger partial charge in [-0.2, -0.15) is 0 Å². The summed E-state index contributed by atoms with van der Waals surface area (Å²) < 4.78 is 0. The third-order valence-corrected chi connectivity index (χ3v) is 0. The Hall–Kier alpha value is -0.300. The summed E-state index contributed by atoms with van der Waals surface area (Å²) >= 11 is 0. The fraction of sp³-hybridized carbons (Fsp3) is 0. The van der Waals surface area contributed by atoms with E-state index in [0.717, 1.165) is 0 Å². The molecule has 0 heterocycles. The standard InChI is InChI=1S/2C2H2.2ClH/c2*1-2;;/h2*1-2H;2*1H/p-2. The van der Waals surface area contributed by atoms with Crippen molar-refractivity contribution in [2.75, 3.05) is 0 Å². The second-order valence-electron chi connectivity index (χ2n) is 0. The summed E-state index contributed by atoms with van der Waals surface area (Å²) in [6.45, 7) is 0. The first-order valence-corrected chi connectivity index (χ1v) is 0.667. The Balaban J connectivity index is -0.00000000500. The minimum absolute atomic E-state index is 0. The van der Waals surface area contributed by atoms with Crippen LogP contribution >= 0.6 is 0 Å². The van der Waals surface area contributed by atoms with Crippen molar-refractivity contribution in [1.82, 2.24) is 0 Å². The Morgan fingerprint density at radius 2 is 0.500 bits per heavy atom. The zero-order valence-electron chi connectivity index (χ0n) is 3.07. The highest BCUT2D eigenvalue weighted by atomic mass is 35.5. The van der Waals surface area contributed by atoms with Crippen LogP contribution in [0.15, 0.2) is 0 Å². The lowest BCUT2D eigenvalue weighted by molar-refractivity contribution is -0.001000. The van der Waals surface area contributed by atoms with Crippen LogP contribution in [-0.4, -0.2) is 0 Å². The van der Waals surface area contributed by atoms with Gasteiger partial charge in [-0.1, -0.05) is 0 Å². The molecule has 36 valence electrons. The maximum Gasteiger partial charge on any atom is -0.124 e. The van der Waals surface area contributed by atoms with Crippen molar-refractivity contribution < 1.29 is 24.8 Å². The Bertz CT molecular complexity index is 21.0. The van der Waals surface area contributed by atoms with Crippen molar-refractivity contribution >= 4 is 0 Å². The molecule has 0 aliphatic rings. The molecule has 2 heteroatoms. The van der Waals surface area contributed by atoms with Crippen molar-refractivity contribution in [3.05, 3.63) is 0 Å². The monoisotopic (exact) mass is 122 g/mol. The number of terminal acetylenes is 2. The first kappa shape index (κ1) is 43.6. The molecule has 0 aromatic rings. The van der Waals surface area contributed by atoms with E-state index < -0.39 is 0 Å². The van der Waals surface area contributed by atoms with E-state index >= 15 is 0 Å². The van der Waals surface area contributed by atoms with E-state index in [0.29, 0.717) is 0 Å². The zero-order valence-corrected chi connectivity index (χ0v) is 4.58. The van der Waals surface area contributed by atoms with Crippen molar-refractivity contribution in [2.24, 2.45) is 0 Å². The molecule has 0 unspecified atom stereocenters. The first-order chi connectivity index (χ1) is 2.00. The molecular formula is C4H4Cl2-2. The van der Waals surface area contributed by atoms with Crippen LogP contribution in [0.3, 0.4) is 0 Å². The van der Waals surface area contributed by atoms with Gasteiger partial charge in [-0.3, -0.25) is 0 Å². The Labute approximate surface area is 51.1 Å². The lowest BCUT2D eigenvalue weighted by Gasteiger charge is -1.00. The van der Waals surface area contributed by atoms with Crippen molar-refractivity contribution in [3.8, 4) is 25.7 Å². The molecule has 0 aliphatic heterocycles. The van der Waals surface area contributed by atoms with Gasteiger partial charge in [-0.25, -0.2) is 0 Å². The number of halogens is 2. The van der Waals surface area contributed by atoms with E-state index in [1.165, 1.54) is 0 Å². The SMILES string of the molecule is C#C.C#C.[Cl-].[Cl-]. The van der Waals surface area contributed by atoms with E-state index in [1.54, 1.807) is 0 Å². The largest absolute Gasteiger partial charge is 1.00 e. The van der Waals surface area contributed by atoms with E-state index in [9.17, 15) is 0 Å². The maximum atomic E-state index is 4.00. The average molecular weight is 123 g/mol. The van der Waals surface area contributed by atoms with E-state index in [4.69, 9.17) is 0 Å². The van der Waals surface area contributed by atoms with Crippen molar-refractivity contribution in [2.45, 2.75) is 0 Å². The van der Waals surface area contributed by atoms with E-state index in [-0.39, 0.29) is 24.8 Å². The topological polar surface area (TPSA) is 0 Å². The van der Waals surface area contributed by atoms with Gasteiger partial charge in [0.05, 0.1) is 0 Å². The summed E-state index contributed by atoms with van der Waals surface area (Å²) in [5.74, 6) is 0. The second-order valence-corrected chi connectivity index (χ2v) is 0. The smallest absolute Gasteiger partial charge is 0.124 e. The van der Waals surface area contributed by atoms with Gasteiger partial charge < -0.3 is 24.8 Å². The zero-order chi connectivity index (χ0) is 4.00. The molecule has 0 aromatic carbocycles. The number of hydrogen-bond donors (Lipinski definition) is 0. The minimum atomic E-state index is 0. The van der Waals surface area contributed by atoms with Crippen molar-refractivity contribution in [3.63, 3.8) is 0 Å². The Morgan fingerprint density at radius 3 is 0.500 bits per heavy atom. The van der Waals surface area contributed by atoms with Crippen LogP contribution in [0.25, 0.3) is 0 Å². The fourth-order valence-corrected chi connectivity index (χ4v) is 0. The molecule has 0 spiro atoms. The molecule has 0 saturated carbocycles. The highest BCUT2D eigenvalue weighted by molar-refractivity contribution is 4.47. The van der Waals surface area contributed by atoms with Gasteiger partial charge in [-0.05, 0) is 0 Å². The first-order valence-electron chi connectivity index (χ1n) is 0.667. The van der Waals surface area contributed by atoms with E-state index in [1.807, 2.05) is 0 Å². The lowest BCUT2D eigenvalue weighted by Crippen LogP contribution is -3.00. The molecule has 6 heavy (non-hydrogen) atoms. The Morgan fingerprint density at radius 1 is 0.500 bits per heavy atom. The third kappa shape index (κ3) is 300. The normalized spacial score (nSPS) is 0.667. The van der Waals surface area contributed by atoms with Crippen LogP contribution in [-0.2, 0) is 0 Å². The summed E-state index contributed by atoms with van der Waals surface area (Å²) in [5.41, 5.74) is 0. The Kier molecular flexibility index (Phi) is 5190. The summed E-state index contributed by atoms with van der Waals surface area (Å²) in [4.78, 5) is 0. The molecule has 0 N–H and O–H groups in total. The summed E-state index contributed by atoms with van der Waals surface area (Å²) in [6.07, 6.45) is 16.0. The third-order valence-electron chi connectivity index (χ3n) is 0. The molecule has 0 saturated heterocycles. The summed E-state index contributed by atoms with van der Waals surface area (Å²) in [7, 11) is 0. The van der Waals surface area contributed by atoms with Gasteiger partial charge in [0.15, 0.2) is 0 Å². The number of rotatable bonds is 0. The van der Waals surface area contributed by atoms with Crippen LogP contribution in [0.1, 0.15) is 0 Å². The van der Waals surface area contributed by atoms with E-state index in [2.05, 4.69) is 25.7 Å². The second kappa shape index (κ2) is 715. The molecule has 0 amide bonds. The quantitative estimate of drug-likeness (QED) is 0.282. The minimum Gasteiger partial charge on any atom is -1.00 e. The summed E-state index contributed by atoms with van der Waals surface area (Å²) in [6, 6.07) is 0. The van der Waals surface area contributed by atoms with Crippen LogP contribution in [0.2, 0.25) is 0 Å². The highest BCUT2D eigenvalue weighted by Gasteiger charge is 0.456. The molecule has 0 aromatic heterocycles. The molecule has 0 rings (SSSR count). The maximum absolute atomic E-state index is 4.00. The van der Waals surface area contributed by atoms with Gasteiger partial charge in [0, 0.05) is 0 Å². The van der Waals surface area contributed by atoms with Crippen LogP contribution in [0, 0.1) is 25.7 Å². The molecule has 0 bridgehead atoms. The molecule has 0 radical (unpaired) electrons. The van der Waals surface area contributed by atoms with Gasteiger partial charge in [0.25, 0.3) is 0 Å². The predicted molar refractivity (Wildman–Crippen MR) is 19.8 cm³/mol. The summed E-state index contributed by atoms with van der Waals surface area (Å²) in [5, 5.41) is 0. The lowest BCUT2D eigenvalue weighted by atomic mass is 11.4. The predicted octanol–water partition coefficient (Wildman–Crippen LogP) is -5.49. The number of hydrogen-bond acceptors (Lipinski definition) is 0. The molecule has 0 nitrogen and oxygen atoms in total. The van der Waals surface area contributed by atoms with Gasteiger partial charge in [0.1, 0.15) is 0 Å². The van der Waals surface area contributed by atoms with Crippen LogP contribution in [0.5, 0.6) is 0 Å². The van der Waals surface area contributed by atoms with Gasteiger partial charge in [-0.15, -0.1) is 25.7 Å². The molecular weight excluding hydrogens is 119 g/mol. The van der Waals surface area contributed by atoms with Crippen LogP contribution < -0.4 is 24.8 Å². The molecule has 0 fully saturated rings. The van der Waals surface area contributed by atoms with Gasteiger partial charge in [0.2, 0.25) is 0 Å². The van der Waals surface area contributed by atoms with Crippen LogP contribution in [0.4, 0.5) is 0 Å².